The van der Waals surface area contributed by atoms with Gasteiger partial charge in [-0.2, -0.15) is 0 Å². The number of benzene rings is 1. The Morgan fingerprint density at radius 2 is 2.00 bits per heavy atom. The molecule has 1 aromatic rings. The second-order valence-electron chi connectivity index (χ2n) is 4.25. The fourth-order valence-electron chi connectivity index (χ4n) is 1.65. The summed E-state index contributed by atoms with van der Waals surface area (Å²) in [4.78, 5) is 0. The van der Waals surface area contributed by atoms with Crippen molar-refractivity contribution in [1.82, 2.24) is 0 Å². The zero-order valence-electron chi connectivity index (χ0n) is 12.1. The van der Waals surface area contributed by atoms with Crippen LogP contribution in [-0.4, -0.2) is 45.3 Å². The zero-order chi connectivity index (χ0) is 14.6. The minimum absolute atomic E-state index is 0.127. The number of rotatable bonds is 8. The van der Waals surface area contributed by atoms with Gasteiger partial charge >= 0.3 is 0 Å². The van der Waals surface area contributed by atoms with Crippen LogP contribution in [0.3, 0.4) is 0 Å². The van der Waals surface area contributed by atoms with E-state index in [-0.39, 0.29) is 6.61 Å². The molecule has 0 radical (unpaired) electrons. The molecule has 0 unspecified atom stereocenters. The first kappa shape index (κ1) is 16.5. The lowest BCUT2D eigenvalue weighted by Gasteiger charge is -2.09. The van der Waals surface area contributed by atoms with E-state index in [9.17, 15) is 0 Å². The van der Waals surface area contributed by atoms with E-state index in [1.165, 1.54) is 0 Å². The molecule has 0 atom stereocenters. The average molecular weight is 278 g/mol. The van der Waals surface area contributed by atoms with E-state index in [1.54, 1.807) is 7.11 Å². The van der Waals surface area contributed by atoms with Crippen LogP contribution in [0.2, 0.25) is 0 Å². The second kappa shape index (κ2) is 10.3. The SMILES string of the molecule is COCCCOCCOc1ccc(C#CCO)cc1C. The molecule has 0 aromatic heterocycles. The maximum Gasteiger partial charge on any atom is 0.122 e. The summed E-state index contributed by atoms with van der Waals surface area (Å²) in [6, 6.07) is 5.71. The average Bonchev–Trinajstić information content (AvgIpc) is 2.46. The van der Waals surface area contributed by atoms with Crippen molar-refractivity contribution < 1.29 is 19.3 Å². The fraction of sp³-hybridized carbons (Fsp3) is 0.500. The molecule has 0 amide bonds. The van der Waals surface area contributed by atoms with Crippen LogP contribution >= 0.6 is 0 Å². The van der Waals surface area contributed by atoms with Crippen LogP contribution in [0.4, 0.5) is 0 Å². The van der Waals surface area contributed by atoms with Gasteiger partial charge in [-0.25, -0.2) is 0 Å². The molecule has 0 aliphatic rings. The molecule has 1 aromatic carbocycles. The molecule has 0 heterocycles. The first-order valence-corrected chi connectivity index (χ1v) is 6.67. The number of ether oxygens (including phenoxy) is 3. The third-order valence-corrected chi connectivity index (χ3v) is 2.61. The van der Waals surface area contributed by atoms with Crippen LogP contribution in [0.1, 0.15) is 17.5 Å². The predicted molar refractivity (Wildman–Crippen MR) is 77.9 cm³/mol. The molecule has 0 aliphatic heterocycles. The monoisotopic (exact) mass is 278 g/mol. The maximum absolute atomic E-state index is 8.65. The van der Waals surface area contributed by atoms with Gasteiger partial charge in [-0.15, -0.1) is 0 Å². The van der Waals surface area contributed by atoms with E-state index in [0.29, 0.717) is 19.8 Å². The fourth-order valence-corrected chi connectivity index (χ4v) is 1.65. The minimum atomic E-state index is -0.127. The highest BCUT2D eigenvalue weighted by atomic mass is 16.5. The van der Waals surface area contributed by atoms with Crippen molar-refractivity contribution in [2.24, 2.45) is 0 Å². The Labute approximate surface area is 120 Å². The molecule has 0 saturated carbocycles. The predicted octanol–water partition coefficient (Wildman–Crippen LogP) is 1.77. The lowest BCUT2D eigenvalue weighted by Crippen LogP contribution is -2.09. The van der Waals surface area contributed by atoms with Crippen molar-refractivity contribution in [3.8, 4) is 17.6 Å². The highest BCUT2D eigenvalue weighted by molar-refractivity contribution is 5.43. The first-order valence-electron chi connectivity index (χ1n) is 6.67. The largest absolute Gasteiger partial charge is 0.491 e. The van der Waals surface area contributed by atoms with E-state index < -0.39 is 0 Å². The molecular formula is C16H22O4. The lowest BCUT2D eigenvalue weighted by atomic mass is 10.1. The number of hydrogen-bond donors (Lipinski definition) is 1. The van der Waals surface area contributed by atoms with Crippen LogP contribution < -0.4 is 4.74 Å². The summed E-state index contributed by atoms with van der Waals surface area (Å²) in [5.74, 6) is 6.32. The Morgan fingerprint density at radius 3 is 2.70 bits per heavy atom. The zero-order valence-corrected chi connectivity index (χ0v) is 12.1. The van der Waals surface area contributed by atoms with Gasteiger partial charge in [0, 0.05) is 25.9 Å². The minimum Gasteiger partial charge on any atom is -0.491 e. The molecule has 1 N–H and O–H groups in total. The number of aryl methyl sites for hydroxylation is 1. The highest BCUT2D eigenvalue weighted by Gasteiger charge is 2.00. The van der Waals surface area contributed by atoms with Crippen LogP contribution in [0, 0.1) is 18.8 Å². The van der Waals surface area contributed by atoms with Gasteiger partial charge in [0.2, 0.25) is 0 Å². The quantitative estimate of drug-likeness (QED) is 0.581. The summed E-state index contributed by atoms with van der Waals surface area (Å²) < 4.78 is 16.0. The molecule has 0 aliphatic carbocycles. The molecule has 1 rings (SSSR count). The van der Waals surface area contributed by atoms with Gasteiger partial charge in [0.15, 0.2) is 0 Å². The number of methoxy groups -OCH3 is 1. The summed E-state index contributed by atoms with van der Waals surface area (Å²) in [5, 5.41) is 8.65. The topological polar surface area (TPSA) is 47.9 Å². The van der Waals surface area contributed by atoms with Crippen molar-refractivity contribution in [2.45, 2.75) is 13.3 Å². The van der Waals surface area contributed by atoms with Gasteiger partial charge in [0.1, 0.15) is 19.0 Å². The van der Waals surface area contributed by atoms with Crippen LogP contribution in [0.25, 0.3) is 0 Å². The summed E-state index contributed by atoms with van der Waals surface area (Å²) in [7, 11) is 1.68. The van der Waals surface area contributed by atoms with Crippen molar-refractivity contribution >= 4 is 0 Å². The van der Waals surface area contributed by atoms with Crippen molar-refractivity contribution in [3.05, 3.63) is 29.3 Å². The molecule has 4 heteroatoms. The van der Waals surface area contributed by atoms with Gasteiger partial charge in [0.05, 0.1) is 6.61 Å². The normalized spacial score (nSPS) is 9.95. The van der Waals surface area contributed by atoms with Crippen LogP contribution in [0.5, 0.6) is 5.75 Å². The Hall–Kier alpha value is -1.54. The highest BCUT2D eigenvalue weighted by Crippen LogP contribution is 2.18. The summed E-state index contributed by atoms with van der Waals surface area (Å²) in [6.45, 7) is 4.34. The summed E-state index contributed by atoms with van der Waals surface area (Å²) in [6.07, 6.45) is 0.897. The number of aliphatic hydroxyl groups excluding tert-OH is 1. The molecule has 20 heavy (non-hydrogen) atoms. The van der Waals surface area contributed by atoms with Crippen LogP contribution in [-0.2, 0) is 9.47 Å². The molecular weight excluding hydrogens is 256 g/mol. The molecule has 4 nitrogen and oxygen atoms in total. The molecule has 0 spiro atoms. The molecule has 0 bridgehead atoms. The van der Waals surface area contributed by atoms with E-state index in [4.69, 9.17) is 19.3 Å². The van der Waals surface area contributed by atoms with Gasteiger partial charge in [-0.05, 0) is 37.1 Å². The second-order valence-corrected chi connectivity index (χ2v) is 4.25. The molecule has 0 fully saturated rings. The standard InChI is InChI=1S/C16H22O4/c1-14-13-15(5-3-8-17)6-7-16(14)20-12-11-19-10-4-9-18-2/h6-7,13,17H,4,8-12H2,1-2H3. The number of hydrogen-bond acceptors (Lipinski definition) is 4. The molecule has 0 saturated heterocycles. The van der Waals surface area contributed by atoms with Gasteiger partial charge in [0.25, 0.3) is 0 Å². The van der Waals surface area contributed by atoms with Gasteiger partial charge < -0.3 is 19.3 Å². The van der Waals surface area contributed by atoms with E-state index in [2.05, 4.69) is 11.8 Å². The van der Waals surface area contributed by atoms with Crippen molar-refractivity contribution in [1.29, 1.82) is 0 Å². The number of aliphatic hydroxyl groups is 1. The van der Waals surface area contributed by atoms with Crippen molar-refractivity contribution in [3.63, 3.8) is 0 Å². The summed E-state index contributed by atoms with van der Waals surface area (Å²) >= 11 is 0. The third kappa shape index (κ3) is 6.58. The Kier molecular flexibility index (Phi) is 8.48. The summed E-state index contributed by atoms with van der Waals surface area (Å²) in [5.41, 5.74) is 1.90. The van der Waals surface area contributed by atoms with E-state index in [1.807, 2.05) is 25.1 Å². The van der Waals surface area contributed by atoms with E-state index >= 15 is 0 Å². The maximum atomic E-state index is 8.65. The smallest absolute Gasteiger partial charge is 0.122 e. The first-order chi connectivity index (χ1) is 9.77. The van der Waals surface area contributed by atoms with E-state index in [0.717, 1.165) is 29.9 Å². The Morgan fingerprint density at radius 1 is 1.15 bits per heavy atom. The molecule has 110 valence electrons. The third-order valence-electron chi connectivity index (χ3n) is 2.61. The Bertz CT molecular complexity index is 446. The van der Waals surface area contributed by atoms with Gasteiger partial charge in [-0.1, -0.05) is 11.8 Å². The van der Waals surface area contributed by atoms with Gasteiger partial charge in [-0.3, -0.25) is 0 Å². The Balaban J connectivity index is 2.30. The van der Waals surface area contributed by atoms with Crippen molar-refractivity contribution in [2.75, 3.05) is 40.1 Å². The lowest BCUT2D eigenvalue weighted by molar-refractivity contribution is 0.0805. The van der Waals surface area contributed by atoms with Crippen LogP contribution in [0.15, 0.2) is 18.2 Å².